The predicted molar refractivity (Wildman–Crippen MR) is 76.3 cm³/mol. The topological polar surface area (TPSA) is 74.6 Å². The lowest BCUT2D eigenvalue weighted by molar-refractivity contribution is -0.142. The number of rotatable bonds is 8. The van der Waals surface area contributed by atoms with Gasteiger partial charge in [0.15, 0.2) is 0 Å². The van der Waals surface area contributed by atoms with E-state index in [1.807, 2.05) is 0 Å². The summed E-state index contributed by atoms with van der Waals surface area (Å²) in [5.74, 6) is -3.65. The summed E-state index contributed by atoms with van der Waals surface area (Å²) >= 11 is 0. The number of hydrogen-bond donors (Lipinski definition) is 2. The van der Waals surface area contributed by atoms with Crippen molar-refractivity contribution in [2.45, 2.75) is 45.1 Å². The van der Waals surface area contributed by atoms with Gasteiger partial charge in [0.1, 0.15) is 23.8 Å². The fourth-order valence-electron chi connectivity index (χ4n) is 2.27. The van der Waals surface area contributed by atoms with Gasteiger partial charge in [0, 0.05) is 12.0 Å². The fraction of sp³-hybridized carbons (Fsp3) is 0.500. The zero-order valence-electron chi connectivity index (χ0n) is 12.6. The molecule has 0 amide bonds. The Bertz CT molecular complexity index is 537. The second kappa shape index (κ2) is 7.45. The van der Waals surface area contributed by atoms with Crippen molar-refractivity contribution in [3.8, 4) is 0 Å². The van der Waals surface area contributed by atoms with Gasteiger partial charge in [-0.3, -0.25) is 9.59 Å². The molecule has 22 heavy (non-hydrogen) atoms. The number of aliphatic hydroxyl groups is 1. The number of carboxylic acid groups (broad SMARTS) is 1. The number of benzene rings is 1. The van der Waals surface area contributed by atoms with Gasteiger partial charge in [-0.05, 0) is 30.9 Å². The Morgan fingerprint density at radius 1 is 1.23 bits per heavy atom. The molecule has 6 heteroatoms. The van der Waals surface area contributed by atoms with E-state index in [9.17, 15) is 23.5 Å². The predicted octanol–water partition coefficient (Wildman–Crippen LogP) is 2.72. The van der Waals surface area contributed by atoms with Crippen molar-refractivity contribution in [3.63, 3.8) is 0 Å². The molecular weight excluding hydrogens is 294 g/mol. The summed E-state index contributed by atoms with van der Waals surface area (Å²) in [6.07, 6.45) is -1.14. The molecule has 0 heterocycles. The maximum atomic E-state index is 13.6. The molecule has 0 aromatic heterocycles. The molecule has 1 rings (SSSR count). The van der Waals surface area contributed by atoms with Crippen LogP contribution in [0.4, 0.5) is 8.78 Å². The van der Waals surface area contributed by atoms with Gasteiger partial charge in [-0.15, -0.1) is 0 Å². The molecule has 1 aromatic carbocycles. The summed E-state index contributed by atoms with van der Waals surface area (Å²) in [5.41, 5.74) is -1.64. The van der Waals surface area contributed by atoms with Gasteiger partial charge in [0.05, 0.1) is 5.60 Å². The molecule has 122 valence electrons. The highest BCUT2D eigenvalue weighted by atomic mass is 19.1. The third-order valence-electron chi connectivity index (χ3n) is 3.80. The molecule has 1 aromatic rings. The maximum absolute atomic E-state index is 13.6. The molecule has 0 saturated carbocycles. The summed E-state index contributed by atoms with van der Waals surface area (Å²) in [6, 6.07) is 3.50. The number of ketones is 1. The van der Waals surface area contributed by atoms with E-state index in [4.69, 9.17) is 5.11 Å². The van der Waals surface area contributed by atoms with Crippen LogP contribution in [-0.2, 0) is 16.0 Å². The molecule has 1 atom stereocenters. The van der Waals surface area contributed by atoms with Crippen molar-refractivity contribution < 1.29 is 28.6 Å². The van der Waals surface area contributed by atoms with Crippen LogP contribution >= 0.6 is 0 Å². The quantitative estimate of drug-likeness (QED) is 0.724. The first kappa shape index (κ1) is 18.2. The van der Waals surface area contributed by atoms with Gasteiger partial charge < -0.3 is 10.2 Å². The third kappa shape index (κ3) is 4.87. The van der Waals surface area contributed by atoms with Crippen molar-refractivity contribution in [2.24, 2.45) is 5.92 Å². The first-order valence-corrected chi connectivity index (χ1v) is 7.04. The lowest BCUT2D eigenvalue weighted by Gasteiger charge is -2.31. The first-order chi connectivity index (χ1) is 10.2. The van der Waals surface area contributed by atoms with Crippen LogP contribution < -0.4 is 0 Å². The normalized spacial score (nSPS) is 13.9. The summed E-state index contributed by atoms with van der Waals surface area (Å²) < 4.78 is 27.2. The van der Waals surface area contributed by atoms with Crippen molar-refractivity contribution in [1.82, 2.24) is 0 Å². The Kier molecular flexibility index (Phi) is 6.17. The first-order valence-electron chi connectivity index (χ1n) is 7.04. The molecule has 0 aliphatic heterocycles. The van der Waals surface area contributed by atoms with Gasteiger partial charge in [-0.25, -0.2) is 8.78 Å². The van der Waals surface area contributed by atoms with E-state index < -0.39 is 35.4 Å². The van der Waals surface area contributed by atoms with E-state index >= 15 is 0 Å². The van der Waals surface area contributed by atoms with E-state index in [1.165, 1.54) is 6.07 Å². The Balaban J connectivity index is 2.83. The van der Waals surface area contributed by atoms with Crippen LogP contribution in [0.5, 0.6) is 0 Å². The number of carboxylic acids is 1. The maximum Gasteiger partial charge on any atom is 0.310 e. The van der Waals surface area contributed by atoms with Gasteiger partial charge in [0.25, 0.3) is 0 Å². The van der Waals surface area contributed by atoms with Gasteiger partial charge >= 0.3 is 5.97 Å². The van der Waals surface area contributed by atoms with Crippen LogP contribution in [0.3, 0.4) is 0 Å². The van der Waals surface area contributed by atoms with Crippen LogP contribution in [0.25, 0.3) is 0 Å². The second-order valence-corrected chi connectivity index (χ2v) is 5.74. The minimum atomic E-state index is -1.50. The van der Waals surface area contributed by atoms with E-state index in [0.717, 1.165) is 12.1 Å². The molecule has 0 bridgehead atoms. The standard InChI is InChI=1S/C16H20F2O4/c1-10(2)16(22,9-11(19)8-15(20)21)7-6-12-13(17)4-3-5-14(12)18/h3-5,10,22H,6-9H2,1-2H3,(H,20,21). The SMILES string of the molecule is CC(C)C(O)(CCc1c(F)cccc1F)CC(=O)CC(=O)O. The number of carbonyl (C=O) groups excluding carboxylic acids is 1. The molecule has 0 aliphatic carbocycles. The highest BCUT2D eigenvalue weighted by Crippen LogP contribution is 2.29. The lowest BCUT2D eigenvalue weighted by atomic mass is 9.80. The Morgan fingerprint density at radius 2 is 1.77 bits per heavy atom. The van der Waals surface area contributed by atoms with Crippen LogP contribution in [0, 0.1) is 17.6 Å². The van der Waals surface area contributed by atoms with Crippen LogP contribution in [0.15, 0.2) is 18.2 Å². The van der Waals surface area contributed by atoms with Crippen molar-refractivity contribution in [2.75, 3.05) is 0 Å². The van der Waals surface area contributed by atoms with E-state index in [0.29, 0.717) is 0 Å². The fourth-order valence-corrected chi connectivity index (χ4v) is 2.27. The minimum Gasteiger partial charge on any atom is -0.481 e. The third-order valence-corrected chi connectivity index (χ3v) is 3.80. The number of hydrogen-bond acceptors (Lipinski definition) is 3. The Labute approximate surface area is 127 Å². The van der Waals surface area contributed by atoms with Crippen molar-refractivity contribution >= 4 is 11.8 Å². The molecular formula is C16H20F2O4. The summed E-state index contributed by atoms with van der Waals surface area (Å²) in [4.78, 5) is 22.2. The second-order valence-electron chi connectivity index (χ2n) is 5.74. The number of aliphatic carboxylic acids is 1. The van der Waals surface area contributed by atoms with E-state index in [-0.39, 0.29) is 30.7 Å². The van der Waals surface area contributed by atoms with Crippen LogP contribution in [-0.4, -0.2) is 27.6 Å². The average molecular weight is 314 g/mol. The van der Waals surface area contributed by atoms with Crippen LogP contribution in [0.1, 0.15) is 38.7 Å². The summed E-state index contributed by atoms with van der Waals surface area (Å²) in [6.45, 7) is 3.34. The van der Waals surface area contributed by atoms with E-state index in [1.54, 1.807) is 13.8 Å². The highest BCUT2D eigenvalue weighted by Gasteiger charge is 2.34. The molecule has 2 N–H and O–H groups in total. The molecule has 0 spiro atoms. The van der Waals surface area contributed by atoms with Gasteiger partial charge in [-0.2, -0.15) is 0 Å². The number of carbonyl (C=O) groups is 2. The smallest absolute Gasteiger partial charge is 0.310 e. The van der Waals surface area contributed by atoms with Gasteiger partial charge in [0.2, 0.25) is 0 Å². The van der Waals surface area contributed by atoms with Gasteiger partial charge in [-0.1, -0.05) is 19.9 Å². The minimum absolute atomic E-state index is 0.0339. The number of Topliss-reactive ketones (excluding diaryl/α,β-unsaturated/α-hetero) is 1. The number of halogens is 2. The molecule has 0 saturated heterocycles. The van der Waals surface area contributed by atoms with Crippen LogP contribution in [0.2, 0.25) is 0 Å². The summed E-state index contributed by atoms with van der Waals surface area (Å²) in [7, 11) is 0. The Morgan fingerprint density at radius 3 is 2.23 bits per heavy atom. The molecule has 0 radical (unpaired) electrons. The zero-order chi connectivity index (χ0) is 16.9. The largest absolute Gasteiger partial charge is 0.481 e. The summed E-state index contributed by atoms with van der Waals surface area (Å²) in [5, 5.41) is 19.2. The van der Waals surface area contributed by atoms with Crippen molar-refractivity contribution in [3.05, 3.63) is 35.4 Å². The average Bonchev–Trinajstić information content (AvgIpc) is 2.36. The molecule has 4 nitrogen and oxygen atoms in total. The van der Waals surface area contributed by atoms with Crippen molar-refractivity contribution in [1.29, 1.82) is 0 Å². The zero-order valence-corrected chi connectivity index (χ0v) is 12.6. The molecule has 1 unspecified atom stereocenters. The molecule has 0 fully saturated rings. The Hall–Kier alpha value is -1.82. The highest BCUT2D eigenvalue weighted by molar-refractivity contribution is 5.95. The van der Waals surface area contributed by atoms with E-state index in [2.05, 4.69) is 0 Å². The lowest BCUT2D eigenvalue weighted by Crippen LogP contribution is -2.38. The molecule has 0 aliphatic rings. The monoisotopic (exact) mass is 314 g/mol.